The zero-order valence-electron chi connectivity index (χ0n) is 13.3. The van der Waals surface area contributed by atoms with Gasteiger partial charge < -0.3 is 15.0 Å². The summed E-state index contributed by atoms with van der Waals surface area (Å²) in [6.45, 7) is 8.68. The maximum atomic E-state index is 5.43. The molecule has 1 fully saturated rings. The predicted octanol–water partition coefficient (Wildman–Crippen LogP) is 3.54. The lowest BCUT2D eigenvalue weighted by atomic mass is 10.2. The monoisotopic (exact) mass is 289 g/mol. The molecule has 0 spiro atoms. The molecular formula is C17H27N3O. The highest BCUT2D eigenvalue weighted by atomic mass is 16.5. The van der Waals surface area contributed by atoms with Crippen LogP contribution in [-0.4, -0.2) is 38.7 Å². The second-order valence-corrected chi connectivity index (χ2v) is 5.42. The second-order valence-electron chi connectivity index (χ2n) is 5.42. The smallest absolute Gasteiger partial charge is 0.0976 e. The number of hydrogen-bond acceptors (Lipinski definition) is 3. The molecule has 4 nitrogen and oxygen atoms in total. The SMILES string of the molecule is CCCCCN=C(C)Nc1ccccc1N1CCOCC1. The normalized spacial score (nSPS) is 16.1. The Morgan fingerprint density at radius 3 is 2.76 bits per heavy atom. The van der Waals surface area contributed by atoms with Crippen LogP contribution in [0, 0.1) is 0 Å². The summed E-state index contributed by atoms with van der Waals surface area (Å²) in [6.07, 6.45) is 3.66. The Labute approximate surface area is 128 Å². The first-order valence-corrected chi connectivity index (χ1v) is 8.01. The molecule has 21 heavy (non-hydrogen) atoms. The van der Waals surface area contributed by atoms with E-state index in [0.717, 1.165) is 44.4 Å². The molecular weight excluding hydrogens is 262 g/mol. The molecule has 4 heteroatoms. The van der Waals surface area contributed by atoms with E-state index < -0.39 is 0 Å². The van der Waals surface area contributed by atoms with Crippen LogP contribution in [0.2, 0.25) is 0 Å². The number of benzene rings is 1. The van der Waals surface area contributed by atoms with Gasteiger partial charge in [0, 0.05) is 19.6 Å². The summed E-state index contributed by atoms with van der Waals surface area (Å²) in [5.41, 5.74) is 2.38. The molecule has 1 saturated heterocycles. The van der Waals surface area contributed by atoms with E-state index in [-0.39, 0.29) is 0 Å². The van der Waals surface area contributed by atoms with E-state index in [9.17, 15) is 0 Å². The molecule has 116 valence electrons. The fourth-order valence-electron chi connectivity index (χ4n) is 2.50. The molecule has 1 aromatic carbocycles. The fraction of sp³-hybridized carbons (Fsp3) is 0.588. The van der Waals surface area contributed by atoms with Crippen LogP contribution in [0.3, 0.4) is 0 Å². The van der Waals surface area contributed by atoms with Crippen molar-refractivity contribution in [2.45, 2.75) is 33.1 Å². The summed E-state index contributed by atoms with van der Waals surface area (Å²) >= 11 is 0. The summed E-state index contributed by atoms with van der Waals surface area (Å²) in [4.78, 5) is 6.98. The fourth-order valence-corrected chi connectivity index (χ4v) is 2.50. The van der Waals surface area contributed by atoms with Gasteiger partial charge in [-0.1, -0.05) is 31.9 Å². The number of unbranched alkanes of at least 4 members (excludes halogenated alkanes) is 2. The number of aliphatic imine (C=N–C) groups is 1. The van der Waals surface area contributed by atoms with Crippen molar-refractivity contribution in [1.29, 1.82) is 0 Å². The van der Waals surface area contributed by atoms with E-state index in [2.05, 4.69) is 46.4 Å². The average molecular weight is 289 g/mol. The number of nitrogens with zero attached hydrogens (tertiary/aromatic N) is 2. The Bertz CT molecular complexity index is 453. The van der Waals surface area contributed by atoms with Gasteiger partial charge in [-0.25, -0.2) is 0 Å². The molecule has 1 heterocycles. The highest BCUT2D eigenvalue weighted by Crippen LogP contribution is 2.26. The third-order valence-electron chi connectivity index (χ3n) is 3.68. The number of ether oxygens (including phenoxy) is 1. The van der Waals surface area contributed by atoms with Gasteiger partial charge in [0.25, 0.3) is 0 Å². The summed E-state index contributed by atoms with van der Waals surface area (Å²) in [6, 6.07) is 8.44. The number of para-hydroxylation sites is 2. The molecule has 2 rings (SSSR count). The lowest BCUT2D eigenvalue weighted by molar-refractivity contribution is 0.123. The molecule has 0 aliphatic carbocycles. The van der Waals surface area contributed by atoms with Gasteiger partial charge in [0.2, 0.25) is 0 Å². The first-order valence-electron chi connectivity index (χ1n) is 8.01. The van der Waals surface area contributed by atoms with Crippen LogP contribution >= 0.6 is 0 Å². The lowest BCUT2D eigenvalue weighted by Crippen LogP contribution is -2.36. The summed E-state index contributed by atoms with van der Waals surface area (Å²) in [5, 5.41) is 3.45. The summed E-state index contributed by atoms with van der Waals surface area (Å²) < 4.78 is 5.43. The molecule has 1 aliphatic rings. The van der Waals surface area contributed by atoms with Crippen LogP contribution in [0.4, 0.5) is 11.4 Å². The minimum Gasteiger partial charge on any atom is -0.378 e. The van der Waals surface area contributed by atoms with E-state index in [1.807, 2.05) is 6.92 Å². The average Bonchev–Trinajstić information content (AvgIpc) is 2.53. The molecule has 0 unspecified atom stereocenters. The minimum absolute atomic E-state index is 0.804. The largest absolute Gasteiger partial charge is 0.378 e. The van der Waals surface area contributed by atoms with Gasteiger partial charge in [-0.3, -0.25) is 4.99 Å². The molecule has 1 N–H and O–H groups in total. The molecule has 0 saturated carbocycles. The van der Waals surface area contributed by atoms with Crippen LogP contribution in [-0.2, 0) is 4.74 Å². The van der Waals surface area contributed by atoms with Gasteiger partial charge >= 0.3 is 0 Å². The number of rotatable bonds is 6. The Morgan fingerprint density at radius 1 is 1.24 bits per heavy atom. The third kappa shape index (κ3) is 5.05. The van der Waals surface area contributed by atoms with Crippen molar-refractivity contribution in [3.05, 3.63) is 24.3 Å². The molecule has 0 bridgehead atoms. The molecule has 0 atom stereocenters. The minimum atomic E-state index is 0.804. The number of nitrogens with one attached hydrogen (secondary N) is 1. The predicted molar refractivity (Wildman–Crippen MR) is 90.6 cm³/mol. The quantitative estimate of drug-likeness (QED) is 0.494. The van der Waals surface area contributed by atoms with Gasteiger partial charge in [0.05, 0.1) is 30.4 Å². The summed E-state index contributed by atoms with van der Waals surface area (Å²) in [7, 11) is 0. The Morgan fingerprint density at radius 2 is 2.00 bits per heavy atom. The molecule has 1 aromatic rings. The zero-order chi connectivity index (χ0) is 14.9. The van der Waals surface area contributed by atoms with Crippen LogP contribution in [0.15, 0.2) is 29.3 Å². The number of anilines is 2. The van der Waals surface area contributed by atoms with Gasteiger partial charge in [-0.05, 0) is 25.5 Å². The van der Waals surface area contributed by atoms with Gasteiger partial charge in [-0.2, -0.15) is 0 Å². The van der Waals surface area contributed by atoms with Crippen LogP contribution in [0.1, 0.15) is 33.1 Å². The van der Waals surface area contributed by atoms with Gasteiger partial charge in [0.15, 0.2) is 0 Å². The van der Waals surface area contributed by atoms with Gasteiger partial charge in [-0.15, -0.1) is 0 Å². The van der Waals surface area contributed by atoms with Crippen LogP contribution < -0.4 is 10.2 Å². The Kier molecular flexibility index (Phi) is 6.54. The van der Waals surface area contributed by atoms with E-state index in [4.69, 9.17) is 4.74 Å². The number of hydrogen-bond donors (Lipinski definition) is 1. The van der Waals surface area contributed by atoms with Crippen LogP contribution in [0.25, 0.3) is 0 Å². The number of morpholine rings is 1. The molecule has 1 aliphatic heterocycles. The van der Waals surface area contributed by atoms with Crippen molar-refractivity contribution in [3.63, 3.8) is 0 Å². The van der Waals surface area contributed by atoms with E-state index in [0.29, 0.717) is 0 Å². The molecule has 0 amide bonds. The highest BCUT2D eigenvalue weighted by molar-refractivity contribution is 5.96. The van der Waals surface area contributed by atoms with Crippen LogP contribution in [0.5, 0.6) is 0 Å². The van der Waals surface area contributed by atoms with Crippen molar-refractivity contribution >= 4 is 17.2 Å². The Balaban J connectivity index is 1.98. The maximum absolute atomic E-state index is 5.43. The summed E-state index contributed by atoms with van der Waals surface area (Å²) in [5.74, 6) is 0.992. The number of amidine groups is 1. The molecule has 0 aromatic heterocycles. The standard InChI is InChI=1S/C17H27N3O/c1-3-4-7-10-18-15(2)19-16-8-5-6-9-17(16)20-11-13-21-14-12-20/h5-6,8-9H,3-4,7,10-14H2,1-2H3,(H,18,19). The topological polar surface area (TPSA) is 36.9 Å². The van der Waals surface area contributed by atoms with Gasteiger partial charge in [0.1, 0.15) is 0 Å². The lowest BCUT2D eigenvalue weighted by Gasteiger charge is -2.30. The third-order valence-corrected chi connectivity index (χ3v) is 3.68. The van der Waals surface area contributed by atoms with Crippen molar-refractivity contribution in [1.82, 2.24) is 0 Å². The van der Waals surface area contributed by atoms with E-state index >= 15 is 0 Å². The van der Waals surface area contributed by atoms with Crippen molar-refractivity contribution in [2.24, 2.45) is 4.99 Å². The highest BCUT2D eigenvalue weighted by Gasteiger charge is 2.14. The molecule has 0 radical (unpaired) electrons. The maximum Gasteiger partial charge on any atom is 0.0976 e. The van der Waals surface area contributed by atoms with E-state index in [1.54, 1.807) is 0 Å². The van der Waals surface area contributed by atoms with Crippen molar-refractivity contribution in [2.75, 3.05) is 43.1 Å². The zero-order valence-corrected chi connectivity index (χ0v) is 13.3. The van der Waals surface area contributed by atoms with Crippen molar-refractivity contribution < 1.29 is 4.74 Å². The first-order chi connectivity index (χ1) is 10.3. The second kappa shape index (κ2) is 8.67. The Hall–Kier alpha value is -1.55. The van der Waals surface area contributed by atoms with E-state index in [1.165, 1.54) is 24.9 Å². The first kappa shape index (κ1) is 15.8. The van der Waals surface area contributed by atoms with Crippen molar-refractivity contribution in [3.8, 4) is 0 Å².